The second-order valence-corrected chi connectivity index (χ2v) is 3.80. The highest BCUT2D eigenvalue weighted by atomic mass is 16.1. The first kappa shape index (κ1) is 11.3. The number of fused-ring (bicyclic) bond motifs is 1. The minimum Gasteiger partial charge on any atom is -0.320 e. The van der Waals surface area contributed by atoms with Crippen LogP contribution in [0.15, 0.2) is 36.5 Å². The summed E-state index contributed by atoms with van der Waals surface area (Å²) in [5.41, 5.74) is 7.05. The number of para-hydroxylation sites is 1. The van der Waals surface area contributed by atoms with Gasteiger partial charge < -0.3 is 5.73 Å². The number of terminal acetylenes is 1. The lowest BCUT2D eigenvalue weighted by Gasteiger charge is -2.07. The molecule has 0 aliphatic rings. The molecular weight excluding hydrogens is 212 g/mol. The van der Waals surface area contributed by atoms with E-state index in [-0.39, 0.29) is 12.2 Å². The first-order valence-electron chi connectivity index (χ1n) is 5.30. The molecule has 2 rings (SSSR count). The van der Waals surface area contributed by atoms with Gasteiger partial charge in [0.25, 0.3) is 0 Å². The van der Waals surface area contributed by atoms with E-state index in [1.165, 1.54) is 0 Å². The molecule has 0 radical (unpaired) electrons. The van der Waals surface area contributed by atoms with Crippen molar-refractivity contribution in [3.63, 3.8) is 0 Å². The number of hydrogen-bond acceptors (Lipinski definition) is 3. The van der Waals surface area contributed by atoms with Crippen molar-refractivity contribution in [2.75, 3.05) is 0 Å². The van der Waals surface area contributed by atoms with Crippen molar-refractivity contribution in [2.45, 2.75) is 12.5 Å². The minimum absolute atomic E-state index is 0.166. The maximum absolute atomic E-state index is 11.9. The highest BCUT2D eigenvalue weighted by molar-refractivity contribution is 6.02. The van der Waals surface area contributed by atoms with E-state index < -0.39 is 6.04 Å². The fraction of sp³-hybridized carbons (Fsp3) is 0.143. The predicted octanol–water partition coefficient (Wildman–Crippen LogP) is 1.77. The molecule has 0 bridgehead atoms. The summed E-state index contributed by atoms with van der Waals surface area (Å²) in [7, 11) is 0. The first-order valence-corrected chi connectivity index (χ1v) is 5.30. The highest BCUT2D eigenvalue weighted by Crippen LogP contribution is 2.14. The van der Waals surface area contributed by atoms with Crippen LogP contribution in [0.2, 0.25) is 0 Å². The van der Waals surface area contributed by atoms with Gasteiger partial charge in [0.2, 0.25) is 0 Å². The number of nitrogens with two attached hydrogens (primary N) is 1. The molecule has 1 aromatic heterocycles. The Morgan fingerprint density at radius 1 is 1.47 bits per heavy atom. The summed E-state index contributed by atoms with van der Waals surface area (Å²) in [4.78, 5) is 16.1. The summed E-state index contributed by atoms with van der Waals surface area (Å²) in [6.07, 6.45) is 6.92. The summed E-state index contributed by atoms with van der Waals surface area (Å²) >= 11 is 0. The molecule has 0 saturated carbocycles. The first-order chi connectivity index (χ1) is 8.22. The maximum atomic E-state index is 11.9. The molecule has 1 heterocycles. The van der Waals surface area contributed by atoms with Gasteiger partial charge in [-0.25, -0.2) is 0 Å². The second-order valence-electron chi connectivity index (χ2n) is 3.80. The van der Waals surface area contributed by atoms with Crippen molar-refractivity contribution in [1.82, 2.24) is 4.98 Å². The van der Waals surface area contributed by atoms with E-state index in [2.05, 4.69) is 10.9 Å². The van der Waals surface area contributed by atoms with Gasteiger partial charge in [-0.15, -0.1) is 12.3 Å². The lowest BCUT2D eigenvalue weighted by atomic mass is 10.0. The van der Waals surface area contributed by atoms with Gasteiger partial charge in [-0.05, 0) is 12.1 Å². The highest BCUT2D eigenvalue weighted by Gasteiger charge is 2.15. The summed E-state index contributed by atoms with van der Waals surface area (Å²) in [6, 6.07) is 8.75. The Morgan fingerprint density at radius 2 is 2.24 bits per heavy atom. The van der Waals surface area contributed by atoms with Crippen LogP contribution in [0.25, 0.3) is 10.9 Å². The molecule has 2 N–H and O–H groups in total. The van der Waals surface area contributed by atoms with E-state index in [0.717, 1.165) is 10.9 Å². The number of nitrogens with zero attached hydrogens (tertiary/aromatic N) is 1. The number of carbonyl (C=O) groups excluding carboxylic acids is 1. The van der Waals surface area contributed by atoms with Crippen molar-refractivity contribution in [3.05, 3.63) is 42.1 Å². The topological polar surface area (TPSA) is 56.0 Å². The van der Waals surface area contributed by atoms with E-state index in [1.54, 1.807) is 12.3 Å². The van der Waals surface area contributed by atoms with Crippen molar-refractivity contribution in [3.8, 4) is 12.3 Å². The van der Waals surface area contributed by atoms with Crippen molar-refractivity contribution in [2.24, 2.45) is 5.73 Å². The lowest BCUT2D eigenvalue weighted by molar-refractivity contribution is 0.0962. The third-order valence-electron chi connectivity index (χ3n) is 2.55. The Kier molecular flexibility index (Phi) is 3.17. The van der Waals surface area contributed by atoms with Crippen LogP contribution < -0.4 is 5.73 Å². The second kappa shape index (κ2) is 4.77. The Hall–Kier alpha value is -2.18. The number of pyridine rings is 1. The predicted molar refractivity (Wildman–Crippen MR) is 67.5 cm³/mol. The zero-order valence-electron chi connectivity index (χ0n) is 9.26. The Bertz CT molecular complexity index is 598. The van der Waals surface area contributed by atoms with Crippen LogP contribution >= 0.6 is 0 Å². The van der Waals surface area contributed by atoms with E-state index in [9.17, 15) is 4.79 Å². The average molecular weight is 224 g/mol. The van der Waals surface area contributed by atoms with Crippen molar-refractivity contribution < 1.29 is 4.79 Å². The standard InChI is InChI=1S/C14H12N2O/c1-2-5-12(15)14(17)11-8-10-6-3-4-7-13(10)16-9-11/h1,3-4,6-9,12H,5,15H2. The number of ketones is 1. The number of carbonyl (C=O) groups is 1. The Balaban J connectivity index is 2.37. The van der Waals surface area contributed by atoms with Gasteiger partial charge in [-0.2, -0.15) is 0 Å². The molecule has 0 fully saturated rings. The smallest absolute Gasteiger partial charge is 0.182 e. The molecule has 1 aromatic carbocycles. The average Bonchev–Trinajstić information content (AvgIpc) is 2.37. The van der Waals surface area contributed by atoms with Crippen molar-refractivity contribution >= 4 is 16.7 Å². The molecule has 0 aliphatic heterocycles. The van der Waals surface area contributed by atoms with Crippen LogP contribution in [-0.2, 0) is 0 Å². The number of aromatic nitrogens is 1. The van der Waals surface area contributed by atoms with Gasteiger partial charge in [0.15, 0.2) is 5.78 Å². The summed E-state index contributed by atoms with van der Waals surface area (Å²) in [5.74, 6) is 2.22. The molecule has 1 atom stereocenters. The SMILES string of the molecule is C#CCC(N)C(=O)c1cnc2ccccc2c1. The van der Waals surface area contributed by atoms with Crippen LogP contribution in [0, 0.1) is 12.3 Å². The zero-order valence-corrected chi connectivity index (χ0v) is 9.26. The van der Waals surface area contributed by atoms with Crippen LogP contribution in [-0.4, -0.2) is 16.8 Å². The molecule has 0 aliphatic carbocycles. The molecule has 0 saturated heterocycles. The van der Waals surface area contributed by atoms with Crippen LogP contribution in [0.5, 0.6) is 0 Å². The van der Waals surface area contributed by atoms with Gasteiger partial charge in [0, 0.05) is 23.6 Å². The molecule has 0 amide bonds. The number of Topliss-reactive ketones (excluding diaryl/α,β-unsaturated/α-hetero) is 1. The van der Waals surface area contributed by atoms with Crippen LogP contribution in [0.1, 0.15) is 16.8 Å². The Morgan fingerprint density at radius 3 is 3.00 bits per heavy atom. The molecule has 2 aromatic rings. The minimum atomic E-state index is -0.650. The quantitative estimate of drug-likeness (QED) is 0.638. The zero-order chi connectivity index (χ0) is 12.3. The Labute approximate surface area is 99.7 Å². The largest absolute Gasteiger partial charge is 0.320 e. The fourth-order valence-corrected chi connectivity index (χ4v) is 1.64. The summed E-state index contributed by atoms with van der Waals surface area (Å²) in [5, 5.41) is 0.922. The monoisotopic (exact) mass is 224 g/mol. The summed E-state index contributed by atoms with van der Waals surface area (Å²) < 4.78 is 0. The molecule has 0 spiro atoms. The van der Waals surface area contributed by atoms with Gasteiger partial charge >= 0.3 is 0 Å². The van der Waals surface area contributed by atoms with Gasteiger partial charge in [0.1, 0.15) is 0 Å². The molecule has 1 unspecified atom stereocenters. The third-order valence-corrected chi connectivity index (χ3v) is 2.55. The number of benzene rings is 1. The van der Waals surface area contributed by atoms with E-state index in [1.807, 2.05) is 24.3 Å². The lowest BCUT2D eigenvalue weighted by Crippen LogP contribution is -2.30. The van der Waals surface area contributed by atoms with Gasteiger partial charge in [-0.1, -0.05) is 18.2 Å². The molecule has 3 nitrogen and oxygen atoms in total. The van der Waals surface area contributed by atoms with E-state index >= 15 is 0 Å². The molecular formula is C14H12N2O. The maximum Gasteiger partial charge on any atom is 0.182 e. The number of hydrogen-bond donors (Lipinski definition) is 1. The van der Waals surface area contributed by atoms with Crippen LogP contribution in [0.4, 0.5) is 0 Å². The van der Waals surface area contributed by atoms with Crippen LogP contribution in [0.3, 0.4) is 0 Å². The molecule has 84 valence electrons. The molecule has 17 heavy (non-hydrogen) atoms. The number of rotatable bonds is 3. The fourth-order valence-electron chi connectivity index (χ4n) is 1.64. The van der Waals surface area contributed by atoms with E-state index in [4.69, 9.17) is 12.2 Å². The normalized spacial score (nSPS) is 12.0. The van der Waals surface area contributed by atoms with E-state index in [0.29, 0.717) is 5.56 Å². The van der Waals surface area contributed by atoms with Crippen molar-refractivity contribution in [1.29, 1.82) is 0 Å². The molecule has 3 heteroatoms. The summed E-state index contributed by atoms with van der Waals surface area (Å²) in [6.45, 7) is 0. The third kappa shape index (κ3) is 2.32. The van der Waals surface area contributed by atoms with Gasteiger partial charge in [0.05, 0.1) is 11.6 Å². The van der Waals surface area contributed by atoms with Gasteiger partial charge in [-0.3, -0.25) is 9.78 Å².